The van der Waals surface area contributed by atoms with Crippen LogP contribution in [-0.2, 0) is 4.79 Å². The van der Waals surface area contributed by atoms with Gasteiger partial charge in [0.1, 0.15) is 0 Å². The summed E-state index contributed by atoms with van der Waals surface area (Å²) in [5.74, 6) is -0.213. The molecule has 104 valence electrons. The molecule has 0 saturated carbocycles. The van der Waals surface area contributed by atoms with Gasteiger partial charge in [0.05, 0.1) is 6.04 Å². The van der Waals surface area contributed by atoms with Crippen LogP contribution >= 0.6 is 0 Å². The molecule has 0 aliphatic rings. The maximum absolute atomic E-state index is 12.1. The monoisotopic (exact) mass is 268 g/mol. The normalized spacial score (nSPS) is 12.2. The fraction of sp³-hybridized carbons (Fsp3) is 0.235. The Hall–Kier alpha value is -2.13. The summed E-state index contributed by atoms with van der Waals surface area (Å²) >= 11 is 0. The van der Waals surface area contributed by atoms with Gasteiger partial charge in [0.2, 0.25) is 5.91 Å². The third kappa shape index (κ3) is 3.45. The molecule has 3 heteroatoms. The van der Waals surface area contributed by atoms with Gasteiger partial charge in [0.15, 0.2) is 0 Å². The van der Waals surface area contributed by atoms with Gasteiger partial charge < -0.3 is 11.1 Å². The van der Waals surface area contributed by atoms with E-state index < -0.39 is 0 Å². The molecule has 2 aromatic carbocycles. The average molecular weight is 268 g/mol. The molecule has 3 nitrogen and oxygen atoms in total. The quantitative estimate of drug-likeness (QED) is 0.875. The molecule has 0 bridgehead atoms. The van der Waals surface area contributed by atoms with E-state index >= 15 is 0 Å². The molecule has 3 N–H and O–H groups in total. The Morgan fingerprint density at radius 2 is 1.45 bits per heavy atom. The van der Waals surface area contributed by atoms with Gasteiger partial charge in [-0.05, 0) is 11.1 Å². The smallest absolute Gasteiger partial charge is 0.224 e. The average Bonchev–Trinajstić information content (AvgIpc) is 2.53. The van der Waals surface area contributed by atoms with Crippen molar-refractivity contribution in [2.75, 3.05) is 6.54 Å². The van der Waals surface area contributed by atoms with Crippen LogP contribution in [-0.4, -0.2) is 12.5 Å². The van der Waals surface area contributed by atoms with Gasteiger partial charge in [0.25, 0.3) is 0 Å². The molecule has 2 rings (SSSR count). The highest BCUT2D eigenvalue weighted by Crippen LogP contribution is 2.22. The minimum absolute atomic E-state index is 0.0230. The highest BCUT2D eigenvalue weighted by molar-refractivity contribution is 5.79. The van der Waals surface area contributed by atoms with Crippen molar-refractivity contribution in [1.29, 1.82) is 0 Å². The lowest BCUT2D eigenvalue weighted by Gasteiger charge is -2.21. The fourth-order valence-electron chi connectivity index (χ4n) is 2.04. The number of rotatable bonds is 5. The summed E-state index contributed by atoms with van der Waals surface area (Å²) < 4.78 is 0. The van der Waals surface area contributed by atoms with Crippen LogP contribution in [0.3, 0.4) is 0 Å². The number of carbonyl (C=O) groups is 1. The van der Waals surface area contributed by atoms with E-state index in [9.17, 15) is 4.79 Å². The molecular weight excluding hydrogens is 248 g/mol. The first-order valence-electron chi connectivity index (χ1n) is 6.82. The van der Waals surface area contributed by atoms with Crippen LogP contribution in [0.2, 0.25) is 0 Å². The Morgan fingerprint density at radius 1 is 1.00 bits per heavy atom. The van der Waals surface area contributed by atoms with Crippen molar-refractivity contribution < 1.29 is 4.79 Å². The second kappa shape index (κ2) is 6.87. The molecule has 0 spiro atoms. The van der Waals surface area contributed by atoms with Crippen molar-refractivity contribution in [3.63, 3.8) is 0 Å². The van der Waals surface area contributed by atoms with Crippen LogP contribution in [0.25, 0.3) is 0 Å². The molecule has 1 atom stereocenters. The topological polar surface area (TPSA) is 55.1 Å². The lowest BCUT2D eigenvalue weighted by atomic mass is 9.98. The summed E-state index contributed by atoms with van der Waals surface area (Å²) in [5, 5.41) is 3.08. The minimum Gasteiger partial charge on any atom is -0.345 e. The predicted octanol–water partition coefficient (Wildman–Crippen LogP) is 2.49. The van der Waals surface area contributed by atoms with Crippen LogP contribution in [0.5, 0.6) is 0 Å². The second-order valence-corrected chi connectivity index (χ2v) is 4.90. The Bertz CT molecular complexity index is 500. The first-order chi connectivity index (χ1) is 9.72. The van der Waals surface area contributed by atoms with E-state index in [1.165, 1.54) is 0 Å². The van der Waals surface area contributed by atoms with Crippen LogP contribution < -0.4 is 11.1 Å². The summed E-state index contributed by atoms with van der Waals surface area (Å²) in [6.07, 6.45) is 0. The van der Waals surface area contributed by atoms with Crippen molar-refractivity contribution in [3.8, 4) is 0 Å². The molecule has 0 fully saturated rings. The summed E-state index contributed by atoms with van der Waals surface area (Å²) in [6.45, 7) is 2.19. The standard InChI is InChI=1S/C17H20N2O/c1-13(12-18)17(20)19-16(14-8-4-2-5-9-14)15-10-6-3-7-11-15/h2-11,13,16H,12,18H2,1H3,(H,19,20). The third-order valence-corrected chi connectivity index (χ3v) is 3.35. The number of carbonyl (C=O) groups excluding carboxylic acids is 1. The molecule has 0 aliphatic carbocycles. The van der Waals surface area contributed by atoms with Crippen molar-refractivity contribution >= 4 is 5.91 Å². The van der Waals surface area contributed by atoms with E-state index in [-0.39, 0.29) is 17.9 Å². The van der Waals surface area contributed by atoms with Gasteiger partial charge in [-0.3, -0.25) is 4.79 Å². The van der Waals surface area contributed by atoms with E-state index in [0.29, 0.717) is 6.54 Å². The first kappa shape index (κ1) is 14.3. The number of nitrogens with one attached hydrogen (secondary N) is 1. The predicted molar refractivity (Wildman–Crippen MR) is 81.1 cm³/mol. The fourth-order valence-corrected chi connectivity index (χ4v) is 2.04. The van der Waals surface area contributed by atoms with Gasteiger partial charge >= 0.3 is 0 Å². The zero-order chi connectivity index (χ0) is 14.4. The van der Waals surface area contributed by atoms with Crippen molar-refractivity contribution in [2.24, 2.45) is 11.7 Å². The molecule has 20 heavy (non-hydrogen) atoms. The second-order valence-electron chi connectivity index (χ2n) is 4.90. The van der Waals surface area contributed by atoms with Crippen LogP contribution in [0.1, 0.15) is 24.1 Å². The Morgan fingerprint density at radius 3 is 1.85 bits per heavy atom. The maximum Gasteiger partial charge on any atom is 0.224 e. The van der Waals surface area contributed by atoms with Crippen LogP contribution in [0.15, 0.2) is 60.7 Å². The highest BCUT2D eigenvalue weighted by Gasteiger charge is 2.19. The Balaban J connectivity index is 2.28. The summed E-state index contributed by atoms with van der Waals surface area (Å²) in [7, 11) is 0. The molecule has 1 amide bonds. The molecule has 1 unspecified atom stereocenters. The van der Waals surface area contributed by atoms with Crippen molar-refractivity contribution in [1.82, 2.24) is 5.32 Å². The van der Waals surface area contributed by atoms with Gasteiger partial charge in [-0.25, -0.2) is 0 Å². The third-order valence-electron chi connectivity index (χ3n) is 3.35. The van der Waals surface area contributed by atoms with Gasteiger partial charge in [-0.2, -0.15) is 0 Å². The lowest BCUT2D eigenvalue weighted by molar-refractivity contribution is -0.124. The van der Waals surface area contributed by atoms with Crippen LogP contribution in [0.4, 0.5) is 0 Å². The summed E-state index contributed by atoms with van der Waals surface area (Å²) in [4.78, 5) is 12.1. The molecule has 0 heterocycles. The molecule has 0 aliphatic heterocycles. The van der Waals surface area contributed by atoms with E-state index in [1.54, 1.807) is 0 Å². The SMILES string of the molecule is CC(CN)C(=O)NC(c1ccccc1)c1ccccc1. The van der Waals surface area contributed by atoms with E-state index in [2.05, 4.69) is 5.32 Å². The van der Waals surface area contributed by atoms with Gasteiger partial charge in [-0.15, -0.1) is 0 Å². The Kier molecular flexibility index (Phi) is 4.91. The van der Waals surface area contributed by atoms with E-state index in [0.717, 1.165) is 11.1 Å². The van der Waals surface area contributed by atoms with Crippen molar-refractivity contribution in [2.45, 2.75) is 13.0 Å². The summed E-state index contributed by atoms with van der Waals surface area (Å²) in [5.41, 5.74) is 7.70. The molecule has 2 aromatic rings. The largest absolute Gasteiger partial charge is 0.345 e. The van der Waals surface area contributed by atoms with Crippen molar-refractivity contribution in [3.05, 3.63) is 71.8 Å². The maximum atomic E-state index is 12.1. The number of amides is 1. The highest BCUT2D eigenvalue weighted by atomic mass is 16.1. The van der Waals surface area contributed by atoms with E-state index in [4.69, 9.17) is 5.73 Å². The molecule has 0 saturated heterocycles. The number of benzene rings is 2. The zero-order valence-electron chi connectivity index (χ0n) is 11.6. The minimum atomic E-state index is -0.190. The Labute approximate surface area is 119 Å². The van der Waals surface area contributed by atoms with Crippen LogP contribution in [0, 0.1) is 5.92 Å². The van der Waals surface area contributed by atoms with Gasteiger partial charge in [0, 0.05) is 12.5 Å². The summed E-state index contributed by atoms with van der Waals surface area (Å²) in [6, 6.07) is 19.8. The number of nitrogens with two attached hydrogens (primary N) is 1. The molecule has 0 radical (unpaired) electrons. The lowest BCUT2D eigenvalue weighted by Crippen LogP contribution is -2.36. The van der Waals surface area contributed by atoms with E-state index in [1.807, 2.05) is 67.6 Å². The molecular formula is C17H20N2O. The van der Waals surface area contributed by atoms with Gasteiger partial charge in [-0.1, -0.05) is 67.6 Å². The molecule has 0 aromatic heterocycles. The zero-order valence-corrected chi connectivity index (χ0v) is 11.6. The first-order valence-corrected chi connectivity index (χ1v) is 6.82. The number of hydrogen-bond acceptors (Lipinski definition) is 2. The number of hydrogen-bond donors (Lipinski definition) is 2.